The number of hydrogen-bond donors (Lipinski definition) is 4. The fraction of sp³-hybridized carbons (Fsp3) is 0.300. The van der Waals surface area contributed by atoms with Crippen LogP contribution in [-0.4, -0.2) is 34.2 Å². The van der Waals surface area contributed by atoms with Crippen LogP contribution in [0.3, 0.4) is 0 Å². The Morgan fingerprint density at radius 2 is 0.587 bits per heavy atom. The molecule has 0 spiro atoms. The lowest BCUT2D eigenvalue weighted by molar-refractivity contribution is 0.414. The summed E-state index contributed by atoms with van der Waals surface area (Å²) in [6.45, 7) is 13.7. The van der Waals surface area contributed by atoms with E-state index in [9.17, 15) is 0 Å². The quantitative estimate of drug-likeness (QED) is 0.161. The highest BCUT2D eigenvalue weighted by atomic mass is 16.5. The molecule has 0 radical (unpaired) electrons. The van der Waals surface area contributed by atoms with Gasteiger partial charge in [0.1, 0.15) is 11.5 Å². The summed E-state index contributed by atoms with van der Waals surface area (Å²) in [5.41, 5.74) is 9.81. The van der Waals surface area contributed by atoms with Crippen LogP contribution >= 0.6 is 0 Å². The highest BCUT2D eigenvalue weighted by Crippen LogP contribution is 2.45. The number of rotatable bonds is 4. The lowest BCUT2D eigenvalue weighted by Crippen LogP contribution is -2.29. The zero-order valence-corrected chi connectivity index (χ0v) is 28.1. The molecule has 1 aliphatic heterocycles. The third kappa shape index (κ3) is 4.30. The lowest BCUT2D eigenvalue weighted by Gasteiger charge is -2.32. The third-order valence-corrected chi connectivity index (χ3v) is 10.9. The van der Waals surface area contributed by atoms with Gasteiger partial charge in [0, 0.05) is 56.4 Å². The fourth-order valence-corrected chi connectivity index (χ4v) is 7.26. The average Bonchev–Trinajstić information content (AvgIpc) is 3.90. The molecule has 0 atom stereocenters. The van der Waals surface area contributed by atoms with E-state index >= 15 is 0 Å². The molecule has 0 aliphatic carbocycles. The average molecular weight is 613 g/mol. The van der Waals surface area contributed by atoms with Crippen molar-refractivity contribution in [3.05, 3.63) is 154 Å². The number of aromatic amines is 4. The number of nitrogens with one attached hydrogen (secondary N) is 4. The lowest BCUT2D eigenvalue weighted by atomic mass is 9.76. The maximum atomic E-state index is 5.51. The molecule has 1 aliphatic rings. The van der Waals surface area contributed by atoms with Crippen LogP contribution in [0.25, 0.3) is 0 Å². The van der Waals surface area contributed by atoms with Crippen LogP contribution in [0.1, 0.15) is 98.2 Å². The molecule has 4 N–H and O–H groups in total. The third-order valence-electron chi connectivity index (χ3n) is 10.9. The zero-order valence-electron chi connectivity index (χ0n) is 28.1. The van der Waals surface area contributed by atoms with Gasteiger partial charge in [0.05, 0.1) is 25.0 Å². The minimum atomic E-state index is -0.471. The summed E-state index contributed by atoms with van der Waals surface area (Å²) in [5.74, 6) is 1.68. The van der Waals surface area contributed by atoms with Crippen molar-refractivity contribution >= 4 is 0 Å². The molecular weight excluding hydrogens is 568 g/mol. The highest BCUT2D eigenvalue weighted by molar-refractivity contribution is 5.52. The summed E-state index contributed by atoms with van der Waals surface area (Å²) in [6.07, 6.45) is 0. The van der Waals surface area contributed by atoms with Crippen LogP contribution in [0.5, 0.6) is 11.5 Å². The van der Waals surface area contributed by atoms with Crippen LogP contribution in [-0.2, 0) is 21.7 Å². The van der Waals surface area contributed by atoms with Crippen LogP contribution in [0, 0.1) is 0 Å². The molecule has 46 heavy (non-hydrogen) atoms. The van der Waals surface area contributed by atoms with E-state index in [0.717, 1.165) is 57.1 Å². The second kappa shape index (κ2) is 10.3. The van der Waals surface area contributed by atoms with E-state index in [1.54, 1.807) is 14.2 Å². The minimum absolute atomic E-state index is 0.320. The zero-order chi connectivity index (χ0) is 32.5. The first-order valence-corrected chi connectivity index (χ1v) is 16.0. The number of aromatic nitrogens is 4. The van der Waals surface area contributed by atoms with Gasteiger partial charge in [0.15, 0.2) is 0 Å². The molecule has 0 fully saturated rings. The van der Waals surface area contributed by atoms with E-state index < -0.39 is 10.8 Å². The van der Waals surface area contributed by atoms with Crippen LogP contribution in [0.4, 0.5) is 0 Å². The monoisotopic (exact) mass is 612 g/mol. The summed E-state index contributed by atoms with van der Waals surface area (Å²) >= 11 is 0. The summed E-state index contributed by atoms with van der Waals surface area (Å²) in [4.78, 5) is 15.6. The van der Waals surface area contributed by atoms with Gasteiger partial charge in [-0.05, 0) is 125 Å². The minimum Gasteiger partial charge on any atom is -0.497 e. The molecule has 6 aromatic rings. The number of hydrogen-bond acceptors (Lipinski definition) is 2. The van der Waals surface area contributed by atoms with E-state index in [4.69, 9.17) is 9.47 Å². The second-order valence-corrected chi connectivity index (χ2v) is 14.1. The van der Waals surface area contributed by atoms with E-state index in [1.807, 2.05) is 24.3 Å². The van der Waals surface area contributed by atoms with Gasteiger partial charge < -0.3 is 29.4 Å². The molecule has 7 rings (SSSR count). The molecular formula is C40H44N4O2. The fourth-order valence-electron chi connectivity index (χ4n) is 7.26. The van der Waals surface area contributed by atoms with Crippen molar-refractivity contribution in [1.82, 2.24) is 19.9 Å². The Kier molecular flexibility index (Phi) is 6.71. The van der Waals surface area contributed by atoms with Crippen molar-refractivity contribution in [1.29, 1.82) is 0 Å². The van der Waals surface area contributed by atoms with Gasteiger partial charge in [0.25, 0.3) is 0 Å². The summed E-state index contributed by atoms with van der Waals surface area (Å²) in [6, 6.07) is 34.8. The molecule has 2 aromatic carbocycles. The van der Waals surface area contributed by atoms with Gasteiger partial charge in [-0.3, -0.25) is 0 Å². The molecule has 8 bridgehead atoms. The van der Waals surface area contributed by atoms with Gasteiger partial charge in [-0.2, -0.15) is 0 Å². The first kappa shape index (κ1) is 29.8. The Labute approximate surface area is 271 Å². The van der Waals surface area contributed by atoms with Crippen molar-refractivity contribution in [3.8, 4) is 11.5 Å². The maximum absolute atomic E-state index is 5.51. The van der Waals surface area contributed by atoms with Gasteiger partial charge >= 0.3 is 0 Å². The Morgan fingerprint density at radius 3 is 0.826 bits per heavy atom. The molecule has 5 heterocycles. The number of H-pyrrole nitrogens is 4. The molecule has 0 unspecified atom stereocenters. The molecule has 4 aromatic heterocycles. The summed E-state index contributed by atoms with van der Waals surface area (Å²) in [7, 11) is 3.42. The van der Waals surface area contributed by atoms with Gasteiger partial charge in [-0.15, -0.1) is 0 Å². The van der Waals surface area contributed by atoms with Crippen LogP contribution < -0.4 is 9.47 Å². The molecule has 6 heteroatoms. The van der Waals surface area contributed by atoms with E-state index in [-0.39, 0.29) is 10.8 Å². The molecule has 6 nitrogen and oxygen atoms in total. The number of ether oxygens (including phenoxy) is 2. The second-order valence-electron chi connectivity index (χ2n) is 14.1. The SMILES string of the molecule is COc1ccc(C2(C)c3ccc([nH]3)C(C)(C)c3ccc([nH]3)C(C)(c3ccc(OC)cc3)c3ccc([nH]3)C(C)(C)c3ccc2[nH]3)cc1. The first-order chi connectivity index (χ1) is 21.9. The van der Waals surface area contributed by atoms with Crippen molar-refractivity contribution in [2.45, 2.75) is 63.2 Å². The Hall–Kier alpha value is -4.84. The Bertz CT molecular complexity index is 1760. The van der Waals surface area contributed by atoms with Crippen molar-refractivity contribution in [2.24, 2.45) is 0 Å². The highest BCUT2D eigenvalue weighted by Gasteiger charge is 2.40. The van der Waals surface area contributed by atoms with Crippen molar-refractivity contribution < 1.29 is 9.47 Å². The normalized spacial score (nSPS) is 21.6. The number of methoxy groups -OCH3 is 2. The van der Waals surface area contributed by atoms with E-state index in [1.165, 1.54) is 11.1 Å². The smallest absolute Gasteiger partial charge is 0.118 e. The molecule has 0 amide bonds. The van der Waals surface area contributed by atoms with E-state index in [2.05, 4.69) is 134 Å². The number of benzene rings is 2. The van der Waals surface area contributed by atoms with Crippen LogP contribution in [0.15, 0.2) is 97.1 Å². The largest absolute Gasteiger partial charge is 0.497 e. The molecule has 0 saturated heterocycles. The van der Waals surface area contributed by atoms with Crippen molar-refractivity contribution in [2.75, 3.05) is 14.2 Å². The van der Waals surface area contributed by atoms with Gasteiger partial charge in [-0.1, -0.05) is 24.3 Å². The standard InChI is InChI=1S/C40H44N4O2/c1-37(2)29-17-21-33(41-29)39(5,25-9-13-27(45-7)14-10-25)35-23-19-31(43-35)38(3,4)32-20-24-36(44-32)40(6,34-22-18-30(37)42-34)26-11-15-28(46-8)16-12-26/h9-24,41-44H,1-8H3. The molecule has 236 valence electrons. The Morgan fingerprint density at radius 1 is 0.348 bits per heavy atom. The van der Waals surface area contributed by atoms with Gasteiger partial charge in [-0.25, -0.2) is 0 Å². The molecule has 0 saturated carbocycles. The predicted molar refractivity (Wildman–Crippen MR) is 185 cm³/mol. The predicted octanol–water partition coefficient (Wildman–Crippen LogP) is 8.69. The first-order valence-electron chi connectivity index (χ1n) is 16.0. The Balaban J connectivity index is 1.47. The van der Waals surface area contributed by atoms with Crippen LogP contribution in [0.2, 0.25) is 0 Å². The topological polar surface area (TPSA) is 81.6 Å². The maximum Gasteiger partial charge on any atom is 0.118 e. The summed E-state index contributed by atoms with van der Waals surface area (Å²) < 4.78 is 11.0. The summed E-state index contributed by atoms with van der Waals surface area (Å²) in [5, 5.41) is 0. The van der Waals surface area contributed by atoms with E-state index in [0.29, 0.717) is 0 Å². The van der Waals surface area contributed by atoms with Crippen molar-refractivity contribution in [3.63, 3.8) is 0 Å². The van der Waals surface area contributed by atoms with Gasteiger partial charge in [0.2, 0.25) is 0 Å². The number of fused-ring (bicyclic) bond motifs is 8.